The number of anilines is 1. The van der Waals surface area contributed by atoms with Crippen LogP contribution in [0.2, 0.25) is 0 Å². The number of aromatic nitrogens is 1. The Morgan fingerprint density at radius 1 is 1.50 bits per heavy atom. The molecule has 1 aromatic rings. The molecule has 0 radical (unpaired) electrons. The maximum atomic E-state index is 12.3. The molecular formula is C13H20N4O3. The van der Waals surface area contributed by atoms with Crippen molar-refractivity contribution in [1.82, 2.24) is 9.88 Å². The number of nitrogens with zero attached hydrogens (tertiary/aromatic N) is 2. The van der Waals surface area contributed by atoms with Gasteiger partial charge in [0.25, 0.3) is 5.91 Å². The first-order valence-electron chi connectivity index (χ1n) is 6.69. The Balaban J connectivity index is 1.87. The highest BCUT2D eigenvalue weighted by molar-refractivity contribution is 5.94. The molecule has 1 fully saturated rings. The number of hydrazine groups is 1. The summed E-state index contributed by atoms with van der Waals surface area (Å²) < 4.78 is 5.47. The number of carbonyl (C=O) groups excluding carboxylic acids is 1. The predicted molar refractivity (Wildman–Crippen MR) is 74.0 cm³/mol. The van der Waals surface area contributed by atoms with Crippen molar-refractivity contribution in [3.63, 3.8) is 0 Å². The summed E-state index contributed by atoms with van der Waals surface area (Å²) in [7, 11) is 0. The molecule has 7 heteroatoms. The van der Waals surface area contributed by atoms with Crippen LogP contribution in [0.15, 0.2) is 18.3 Å². The van der Waals surface area contributed by atoms with Gasteiger partial charge in [-0.15, -0.1) is 0 Å². The van der Waals surface area contributed by atoms with E-state index < -0.39 is 0 Å². The van der Waals surface area contributed by atoms with Gasteiger partial charge in [-0.1, -0.05) is 0 Å². The molecule has 1 saturated heterocycles. The summed E-state index contributed by atoms with van der Waals surface area (Å²) in [4.78, 5) is 18.1. The largest absolute Gasteiger partial charge is 0.394 e. The van der Waals surface area contributed by atoms with Gasteiger partial charge in [0.1, 0.15) is 5.82 Å². The molecule has 2 heterocycles. The summed E-state index contributed by atoms with van der Waals surface area (Å²) in [5, 5.41) is 8.72. The zero-order valence-electron chi connectivity index (χ0n) is 11.3. The molecule has 0 unspecified atom stereocenters. The monoisotopic (exact) mass is 280 g/mol. The normalized spacial score (nSPS) is 16.2. The fourth-order valence-electron chi connectivity index (χ4n) is 2.23. The highest BCUT2D eigenvalue weighted by Gasteiger charge is 2.24. The van der Waals surface area contributed by atoms with E-state index in [2.05, 4.69) is 10.4 Å². The summed E-state index contributed by atoms with van der Waals surface area (Å²) in [6, 6.07) is 3.38. The smallest absolute Gasteiger partial charge is 0.255 e. The summed E-state index contributed by atoms with van der Waals surface area (Å²) in [5.74, 6) is 5.73. The van der Waals surface area contributed by atoms with Gasteiger partial charge in [-0.3, -0.25) is 4.79 Å². The molecule has 1 amide bonds. The zero-order chi connectivity index (χ0) is 14.4. The van der Waals surface area contributed by atoms with Crippen LogP contribution in [-0.4, -0.2) is 53.3 Å². The minimum atomic E-state index is -0.0262. The van der Waals surface area contributed by atoms with Crippen LogP contribution in [0.25, 0.3) is 0 Å². The summed E-state index contributed by atoms with van der Waals surface area (Å²) in [6.45, 7) is 1.71. The molecule has 0 aromatic carbocycles. The second-order valence-electron chi connectivity index (χ2n) is 4.66. The van der Waals surface area contributed by atoms with Crippen molar-refractivity contribution in [3.8, 4) is 0 Å². The van der Waals surface area contributed by atoms with E-state index in [9.17, 15) is 4.79 Å². The molecule has 20 heavy (non-hydrogen) atoms. The van der Waals surface area contributed by atoms with Gasteiger partial charge in [0.05, 0.1) is 24.9 Å². The standard InChI is InChI=1S/C13H20N4O3/c14-16-12-2-1-10(9-15-12)13(19)17-5-3-11(4-6-17)20-8-7-18/h1-2,9,11,18H,3-8,14H2,(H,15,16). The SMILES string of the molecule is NNc1ccc(C(=O)N2CCC(OCCO)CC2)cn1. The lowest BCUT2D eigenvalue weighted by Crippen LogP contribution is -2.41. The van der Waals surface area contributed by atoms with Crippen LogP contribution in [0.5, 0.6) is 0 Å². The second-order valence-corrected chi connectivity index (χ2v) is 4.66. The Hall–Kier alpha value is -1.70. The summed E-state index contributed by atoms with van der Waals surface area (Å²) in [6.07, 6.45) is 3.24. The van der Waals surface area contributed by atoms with E-state index in [0.717, 1.165) is 12.8 Å². The number of ether oxygens (including phenoxy) is 1. The molecule has 110 valence electrons. The third-order valence-electron chi connectivity index (χ3n) is 3.33. The predicted octanol–water partition coefficient (Wildman–Crippen LogP) is -0.0193. The van der Waals surface area contributed by atoms with Crippen molar-refractivity contribution in [1.29, 1.82) is 0 Å². The number of nitrogen functional groups attached to an aromatic ring is 1. The second kappa shape index (κ2) is 7.18. The van der Waals surface area contributed by atoms with Crippen LogP contribution < -0.4 is 11.3 Å². The van der Waals surface area contributed by atoms with E-state index in [0.29, 0.717) is 31.1 Å². The molecule has 0 aliphatic carbocycles. The van der Waals surface area contributed by atoms with Gasteiger partial charge in [-0.2, -0.15) is 0 Å². The Labute approximate surface area is 117 Å². The number of aliphatic hydroxyl groups is 1. The average molecular weight is 280 g/mol. The number of hydrogen-bond donors (Lipinski definition) is 3. The Morgan fingerprint density at radius 3 is 2.80 bits per heavy atom. The number of aliphatic hydroxyl groups excluding tert-OH is 1. The number of likely N-dealkylation sites (tertiary alicyclic amines) is 1. The number of piperidine rings is 1. The molecule has 1 aliphatic rings. The van der Waals surface area contributed by atoms with Crippen LogP contribution >= 0.6 is 0 Å². The van der Waals surface area contributed by atoms with E-state index in [1.165, 1.54) is 6.20 Å². The molecule has 0 saturated carbocycles. The van der Waals surface area contributed by atoms with Crippen molar-refractivity contribution in [2.45, 2.75) is 18.9 Å². The van der Waals surface area contributed by atoms with Crippen molar-refractivity contribution in [3.05, 3.63) is 23.9 Å². The average Bonchev–Trinajstić information content (AvgIpc) is 2.53. The molecule has 4 N–H and O–H groups in total. The first kappa shape index (κ1) is 14.7. The molecule has 0 spiro atoms. The lowest BCUT2D eigenvalue weighted by molar-refractivity contribution is -0.00554. The first-order valence-corrected chi connectivity index (χ1v) is 6.69. The quantitative estimate of drug-likeness (QED) is 0.518. The number of nitrogens with two attached hydrogens (primary N) is 1. The topological polar surface area (TPSA) is 101 Å². The van der Waals surface area contributed by atoms with Gasteiger partial charge in [0.15, 0.2) is 0 Å². The molecular weight excluding hydrogens is 260 g/mol. The number of rotatable bonds is 5. The van der Waals surface area contributed by atoms with Crippen LogP contribution in [-0.2, 0) is 4.74 Å². The van der Waals surface area contributed by atoms with Gasteiger partial charge < -0.3 is 20.2 Å². The van der Waals surface area contributed by atoms with Crippen molar-refractivity contribution in [2.24, 2.45) is 5.84 Å². The fourth-order valence-corrected chi connectivity index (χ4v) is 2.23. The lowest BCUT2D eigenvalue weighted by Gasteiger charge is -2.31. The van der Waals surface area contributed by atoms with Gasteiger partial charge in [0.2, 0.25) is 0 Å². The summed E-state index contributed by atoms with van der Waals surface area (Å²) >= 11 is 0. The van der Waals surface area contributed by atoms with Gasteiger partial charge in [-0.25, -0.2) is 10.8 Å². The van der Waals surface area contributed by atoms with E-state index >= 15 is 0 Å². The molecule has 0 atom stereocenters. The summed E-state index contributed by atoms with van der Waals surface area (Å²) in [5.41, 5.74) is 2.98. The maximum Gasteiger partial charge on any atom is 0.255 e. The van der Waals surface area contributed by atoms with Crippen LogP contribution in [0, 0.1) is 0 Å². The van der Waals surface area contributed by atoms with Crippen molar-refractivity contribution in [2.75, 3.05) is 31.7 Å². The Kier molecular flexibility index (Phi) is 5.28. The van der Waals surface area contributed by atoms with Crippen molar-refractivity contribution < 1.29 is 14.6 Å². The fraction of sp³-hybridized carbons (Fsp3) is 0.538. The van der Waals surface area contributed by atoms with Crippen molar-refractivity contribution >= 4 is 11.7 Å². The number of pyridine rings is 1. The number of carbonyl (C=O) groups is 1. The number of amides is 1. The highest BCUT2D eigenvalue weighted by Crippen LogP contribution is 2.16. The molecule has 2 rings (SSSR count). The minimum Gasteiger partial charge on any atom is -0.394 e. The van der Waals surface area contributed by atoms with Crippen LogP contribution in [0.1, 0.15) is 23.2 Å². The number of hydrogen-bond acceptors (Lipinski definition) is 6. The number of nitrogens with one attached hydrogen (secondary N) is 1. The molecule has 0 bridgehead atoms. The van der Waals surface area contributed by atoms with E-state index in [1.54, 1.807) is 17.0 Å². The molecule has 7 nitrogen and oxygen atoms in total. The first-order chi connectivity index (χ1) is 9.74. The molecule has 1 aromatic heterocycles. The lowest BCUT2D eigenvalue weighted by atomic mass is 10.1. The zero-order valence-corrected chi connectivity index (χ0v) is 11.3. The van der Waals surface area contributed by atoms with E-state index in [-0.39, 0.29) is 18.6 Å². The Morgan fingerprint density at radius 2 is 2.25 bits per heavy atom. The Bertz CT molecular complexity index is 430. The van der Waals surface area contributed by atoms with Gasteiger partial charge in [0, 0.05) is 19.3 Å². The maximum absolute atomic E-state index is 12.3. The van der Waals surface area contributed by atoms with Gasteiger partial charge in [-0.05, 0) is 25.0 Å². The minimum absolute atomic E-state index is 0.0262. The van der Waals surface area contributed by atoms with Crippen LogP contribution in [0.3, 0.4) is 0 Å². The van der Waals surface area contributed by atoms with Crippen LogP contribution in [0.4, 0.5) is 5.82 Å². The van der Waals surface area contributed by atoms with E-state index in [1.807, 2.05) is 0 Å². The van der Waals surface area contributed by atoms with E-state index in [4.69, 9.17) is 15.7 Å². The highest BCUT2D eigenvalue weighted by atomic mass is 16.5. The third-order valence-corrected chi connectivity index (χ3v) is 3.33. The third kappa shape index (κ3) is 3.66. The molecule has 1 aliphatic heterocycles. The van der Waals surface area contributed by atoms with Gasteiger partial charge >= 0.3 is 0 Å².